The molecule has 1 aromatic carbocycles. The Balaban J connectivity index is 3.01. The van der Waals surface area contributed by atoms with Crippen LogP contribution in [-0.2, 0) is 5.06 Å². The number of nitrogens with zero attached hydrogens (tertiary/aromatic N) is 1. The largest absolute Gasteiger partial charge is 0.371 e. The van der Waals surface area contributed by atoms with E-state index < -0.39 is 9.98 Å². The minimum atomic E-state index is -1.48. The van der Waals surface area contributed by atoms with Crippen molar-refractivity contribution in [3.05, 3.63) is 39.9 Å². The first-order valence-electron chi connectivity index (χ1n) is 3.57. The first-order chi connectivity index (χ1) is 5.91. The van der Waals surface area contributed by atoms with Crippen LogP contribution in [0.2, 0.25) is 0 Å². The summed E-state index contributed by atoms with van der Waals surface area (Å²) in [6, 6.07) is 5.44. The minimum absolute atomic E-state index is 0.0235. The summed E-state index contributed by atoms with van der Waals surface area (Å²) in [5, 5.41) is 18.1. The number of non-ortho nitro benzene ring substituents is 1. The zero-order chi connectivity index (χ0) is 10.1. The number of nitro benzene ring substituents is 1. The van der Waals surface area contributed by atoms with Gasteiger partial charge in [-0.25, -0.2) is 0 Å². The summed E-state index contributed by atoms with van der Waals surface area (Å²) in [6.07, 6.45) is 0. The second-order valence-electron chi connectivity index (χ2n) is 2.76. The molecule has 0 aliphatic rings. The van der Waals surface area contributed by atoms with Crippen LogP contribution >= 0.6 is 11.6 Å². The summed E-state index contributed by atoms with van der Waals surface area (Å²) in [5.41, 5.74) is 0.407. The van der Waals surface area contributed by atoms with E-state index in [4.69, 9.17) is 11.6 Å². The van der Waals surface area contributed by atoms with Crippen LogP contribution in [0.5, 0.6) is 0 Å². The topological polar surface area (TPSA) is 63.4 Å². The monoisotopic (exact) mass is 201 g/mol. The van der Waals surface area contributed by atoms with Crippen molar-refractivity contribution in [3.8, 4) is 0 Å². The van der Waals surface area contributed by atoms with Crippen LogP contribution in [0, 0.1) is 10.1 Å². The zero-order valence-electron chi connectivity index (χ0n) is 6.90. The third-order valence-electron chi connectivity index (χ3n) is 1.61. The van der Waals surface area contributed by atoms with Gasteiger partial charge < -0.3 is 5.11 Å². The Labute approximate surface area is 79.9 Å². The van der Waals surface area contributed by atoms with Crippen molar-refractivity contribution >= 4 is 17.3 Å². The third-order valence-corrected chi connectivity index (χ3v) is 1.82. The van der Waals surface area contributed by atoms with Gasteiger partial charge in [-0.05, 0) is 24.6 Å². The molecule has 0 amide bonds. The number of hydrogen-bond donors (Lipinski definition) is 1. The van der Waals surface area contributed by atoms with Gasteiger partial charge in [0.05, 0.1) is 4.92 Å². The molecule has 1 atom stereocenters. The highest BCUT2D eigenvalue weighted by Gasteiger charge is 2.19. The van der Waals surface area contributed by atoms with Gasteiger partial charge in [0.1, 0.15) is 0 Å². The van der Waals surface area contributed by atoms with Gasteiger partial charge >= 0.3 is 0 Å². The maximum atomic E-state index is 10.3. The fourth-order valence-corrected chi connectivity index (χ4v) is 1.01. The highest BCUT2D eigenvalue weighted by Crippen LogP contribution is 2.26. The molecule has 5 heteroatoms. The number of nitro groups is 1. The molecule has 0 saturated heterocycles. The smallest absolute Gasteiger partial charge is 0.269 e. The summed E-state index contributed by atoms with van der Waals surface area (Å²) < 4.78 is 0. The van der Waals surface area contributed by atoms with Crippen molar-refractivity contribution in [1.82, 2.24) is 0 Å². The lowest BCUT2D eigenvalue weighted by atomic mass is 10.1. The lowest BCUT2D eigenvalue weighted by Crippen LogP contribution is -2.11. The second-order valence-corrected chi connectivity index (χ2v) is 3.49. The first-order valence-corrected chi connectivity index (χ1v) is 3.95. The van der Waals surface area contributed by atoms with Crippen LogP contribution in [0.4, 0.5) is 5.69 Å². The molecule has 0 aromatic heterocycles. The molecule has 0 aliphatic heterocycles. The van der Waals surface area contributed by atoms with Crippen molar-refractivity contribution < 1.29 is 10.0 Å². The van der Waals surface area contributed by atoms with Crippen molar-refractivity contribution in [3.63, 3.8) is 0 Å². The number of rotatable bonds is 2. The Morgan fingerprint density at radius 2 is 1.92 bits per heavy atom. The van der Waals surface area contributed by atoms with Gasteiger partial charge in [0.15, 0.2) is 5.06 Å². The standard InChI is InChI=1S/C8H8ClNO3/c1-8(9,11)6-2-4-7(5-3-6)10(12)13/h2-5,11H,1H3. The van der Waals surface area contributed by atoms with Crippen LogP contribution in [0.3, 0.4) is 0 Å². The van der Waals surface area contributed by atoms with Gasteiger partial charge in [0.2, 0.25) is 0 Å². The molecule has 70 valence electrons. The van der Waals surface area contributed by atoms with Crippen molar-refractivity contribution in [2.75, 3.05) is 0 Å². The molecule has 0 fully saturated rings. The molecule has 0 aliphatic carbocycles. The van der Waals surface area contributed by atoms with Crippen molar-refractivity contribution in [2.24, 2.45) is 0 Å². The van der Waals surface area contributed by atoms with Crippen LogP contribution in [0.1, 0.15) is 12.5 Å². The van der Waals surface area contributed by atoms with E-state index in [9.17, 15) is 15.2 Å². The molecule has 0 bridgehead atoms. The van der Waals surface area contributed by atoms with Gasteiger partial charge in [-0.15, -0.1) is 0 Å². The van der Waals surface area contributed by atoms with Crippen LogP contribution in [-0.4, -0.2) is 10.0 Å². The third kappa shape index (κ3) is 2.40. The summed E-state index contributed by atoms with van der Waals surface area (Å²) >= 11 is 5.58. The molecule has 1 aromatic rings. The number of halogens is 1. The van der Waals surface area contributed by atoms with Crippen LogP contribution in [0.15, 0.2) is 24.3 Å². The lowest BCUT2D eigenvalue weighted by Gasteiger charge is -2.13. The normalized spacial score (nSPS) is 15.0. The highest BCUT2D eigenvalue weighted by atomic mass is 35.5. The molecule has 4 nitrogen and oxygen atoms in total. The Morgan fingerprint density at radius 1 is 1.46 bits per heavy atom. The molecule has 1 unspecified atom stereocenters. The number of alkyl halides is 1. The second kappa shape index (κ2) is 3.32. The zero-order valence-corrected chi connectivity index (χ0v) is 7.65. The van der Waals surface area contributed by atoms with E-state index in [2.05, 4.69) is 0 Å². The fourth-order valence-electron chi connectivity index (χ4n) is 0.887. The highest BCUT2D eigenvalue weighted by molar-refractivity contribution is 6.22. The van der Waals surface area contributed by atoms with E-state index in [0.29, 0.717) is 5.56 Å². The van der Waals surface area contributed by atoms with Gasteiger partial charge in [-0.2, -0.15) is 0 Å². The quantitative estimate of drug-likeness (QED) is 0.452. The molecule has 1 rings (SSSR count). The Hall–Kier alpha value is -1.13. The van der Waals surface area contributed by atoms with E-state index >= 15 is 0 Å². The number of benzene rings is 1. The van der Waals surface area contributed by atoms with Crippen LogP contribution < -0.4 is 0 Å². The van der Waals surface area contributed by atoms with Gasteiger partial charge in [-0.3, -0.25) is 10.1 Å². The van der Waals surface area contributed by atoms with E-state index in [0.717, 1.165) is 0 Å². The van der Waals surface area contributed by atoms with E-state index in [1.165, 1.54) is 31.2 Å². The molecular formula is C8H8ClNO3. The fraction of sp³-hybridized carbons (Fsp3) is 0.250. The van der Waals surface area contributed by atoms with E-state index in [-0.39, 0.29) is 5.69 Å². The molecule has 0 spiro atoms. The average Bonchev–Trinajstić information content (AvgIpc) is 2.03. The Bertz CT molecular complexity index is 315. The number of aliphatic hydroxyl groups is 1. The SMILES string of the molecule is CC(O)(Cl)c1ccc([N+](=O)[O-])cc1. The summed E-state index contributed by atoms with van der Waals surface area (Å²) in [4.78, 5) is 9.76. The molecular weight excluding hydrogens is 194 g/mol. The van der Waals surface area contributed by atoms with E-state index in [1.54, 1.807) is 0 Å². The lowest BCUT2D eigenvalue weighted by molar-refractivity contribution is -0.384. The van der Waals surface area contributed by atoms with Gasteiger partial charge in [0, 0.05) is 12.1 Å². The summed E-state index contributed by atoms with van der Waals surface area (Å²) in [7, 11) is 0. The summed E-state index contributed by atoms with van der Waals surface area (Å²) in [5.74, 6) is 0. The summed E-state index contributed by atoms with van der Waals surface area (Å²) in [6.45, 7) is 1.40. The Morgan fingerprint density at radius 3 is 2.23 bits per heavy atom. The van der Waals surface area contributed by atoms with Crippen molar-refractivity contribution in [2.45, 2.75) is 12.0 Å². The van der Waals surface area contributed by atoms with Crippen molar-refractivity contribution in [1.29, 1.82) is 0 Å². The predicted octanol–water partition coefficient (Wildman–Crippen LogP) is 2.00. The molecule has 13 heavy (non-hydrogen) atoms. The molecule has 0 heterocycles. The Kier molecular flexibility index (Phi) is 2.54. The minimum Gasteiger partial charge on any atom is -0.371 e. The molecule has 0 radical (unpaired) electrons. The predicted molar refractivity (Wildman–Crippen MR) is 48.5 cm³/mol. The first kappa shape index (κ1) is 9.95. The average molecular weight is 202 g/mol. The van der Waals surface area contributed by atoms with Gasteiger partial charge in [0.25, 0.3) is 5.69 Å². The van der Waals surface area contributed by atoms with E-state index in [1.807, 2.05) is 0 Å². The van der Waals surface area contributed by atoms with Gasteiger partial charge in [-0.1, -0.05) is 11.6 Å². The number of hydrogen-bond acceptors (Lipinski definition) is 3. The van der Waals surface area contributed by atoms with Crippen LogP contribution in [0.25, 0.3) is 0 Å². The molecule has 1 N–H and O–H groups in total. The maximum absolute atomic E-state index is 10.3. The maximum Gasteiger partial charge on any atom is 0.269 e. The molecule has 0 saturated carbocycles.